The number of nitrogens with zero attached hydrogens (tertiary/aromatic N) is 1. The van der Waals surface area contributed by atoms with E-state index in [0.29, 0.717) is 16.9 Å². The van der Waals surface area contributed by atoms with Crippen LogP contribution < -0.4 is 5.73 Å². The predicted octanol–water partition coefficient (Wildman–Crippen LogP) is 1.84. The highest BCUT2D eigenvalue weighted by molar-refractivity contribution is 6.08. The Morgan fingerprint density at radius 3 is 2.67 bits per heavy atom. The van der Waals surface area contributed by atoms with Crippen LogP contribution in [0.5, 0.6) is 0 Å². The van der Waals surface area contributed by atoms with Crippen LogP contribution in [0, 0.1) is 0 Å². The van der Waals surface area contributed by atoms with E-state index in [0.717, 1.165) is 0 Å². The summed E-state index contributed by atoms with van der Waals surface area (Å²) in [5, 5.41) is 0. The van der Waals surface area contributed by atoms with Gasteiger partial charge in [0.2, 0.25) is 5.78 Å². The smallest absolute Gasteiger partial charge is 0.209 e. The van der Waals surface area contributed by atoms with Crippen LogP contribution in [0.1, 0.15) is 16.1 Å². The molecular formula is C12H12N2O. The molecule has 76 valence electrons. The maximum Gasteiger partial charge on any atom is 0.209 e. The minimum Gasteiger partial charge on any atom is -0.399 e. The highest BCUT2D eigenvalue weighted by atomic mass is 16.1. The Balaban J connectivity index is 2.41. The average molecular weight is 200 g/mol. The third kappa shape index (κ3) is 1.76. The number of benzene rings is 1. The van der Waals surface area contributed by atoms with Gasteiger partial charge in [-0.3, -0.25) is 4.79 Å². The van der Waals surface area contributed by atoms with E-state index >= 15 is 0 Å². The van der Waals surface area contributed by atoms with E-state index < -0.39 is 0 Å². The normalized spacial score (nSPS) is 10.2. The number of rotatable bonds is 2. The van der Waals surface area contributed by atoms with Crippen LogP contribution in [-0.4, -0.2) is 10.4 Å². The Morgan fingerprint density at radius 1 is 1.27 bits per heavy atom. The Labute approximate surface area is 88.1 Å². The highest BCUT2D eigenvalue weighted by Crippen LogP contribution is 2.12. The van der Waals surface area contributed by atoms with Gasteiger partial charge in [0.15, 0.2) is 0 Å². The minimum atomic E-state index is -0.00481. The summed E-state index contributed by atoms with van der Waals surface area (Å²) in [6.07, 6.45) is 1.85. The van der Waals surface area contributed by atoms with Gasteiger partial charge < -0.3 is 10.3 Å². The fourth-order valence-electron chi connectivity index (χ4n) is 1.52. The molecule has 1 aromatic carbocycles. The fourth-order valence-corrected chi connectivity index (χ4v) is 1.52. The molecule has 0 atom stereocenters. The molecule has 2 aromatic rings. The number of aromatic nitrogens is 1. The summed E-state index contributed by atoms with van der Waals surface area (Å²) >= 11 is 0. The minimum absolute atomic E-state index is 0.00481. The predicted molar refractivity (Wildman–Crippen MR) is 59.7 cm³/mol. The molecule has 2 N–H and O–H groups in total. The second-order valence-corrected chi connectivity index (χ2v) is 3.46. The van der Waals surface area contributed by atoms with Crippen molar-refractivity contribution >= 4 is 11.5 Å². The first-order chi connectivity index (χ1) is 7.18. The molecule has 15 heavy (non-hydrogen) atoms. The van der Waals surface area contributed by atoms with Gasteiger partial charge in [-0.1, -0.05) is 12.1 Å². The molecule has 0 fully saturated rings. The molecule has 1 aromatic heterocycles. The largest absolute Gasteiger partial charge is 0.399 e. The molecule has 0 aliphatic heterocycles. The summed E-state index contributed by atoms with van der Waals surface area (Å²) in [6.45, 7) is 0. The molecule has 0 bridgehead atoms. The van der Waals surface area contributed by atoms with E-state index in [1.807, 2.05) is 19.3 Å². The van der Waals surface area contributed by atoms with Gasteiger partial charge in [0.25, 0.3) is 0 Å². The summed E-state index contributed by atoms with van der Waals surface area (Å²) in [7, 11) is 1.85. The SMILES string of the molecule is Cn1cccc1C(=O)c1cccc(N)c1. The lowest BCUT2D eigenvalue weighted by molar-refractivity contribution is 0.103. The van der Waals surface area contributed by atoms with Crippen molar-refractivity contribution < 1.29 is 4.79 Å². The van der Waals surface area contributed by atoms with Gasteiger partial charge in [-0.05, 0) is 24.3 Å². The lowest BCUT2D eigenvalue weighted by atomic mass is 10.1. The molecule has 0 aliphatic carbocycles. The second kappa shape index (κ2) is 3.61. The topological polar surface area (TPSA) is 48.0 Å². The Hall–Kier alpha value is -2.03. The van der Waals surface area contributed by atoms with Crippen LogP contribution in [-0.2, 0) is 7.05 Å². The second-order valence-electron chi connectivity index (χ2n) is 3.46. The lowest BCUT2D eigenvalue weighted by Crippen LogP contribution is -2.06. The van der Waals surface area contributed by atoms with Crippen LogP contribution in [0.3, 0.4) is 0 Å². The van der Waals surface area contributed by atoms with Crippen molar-refractivity contribution in [3.8, 4) is 0 Å². The van der Waals surface area contributed by atoms with Crippen molar-refractivity contribution in [3.63, 3.8) is 0 Å². The van der Waals surface area contributed by atoms with Crippen LogP contribution in [0.15, 0.2) is 42.6 Å². The van der Waals surface area contributed by atoms with Crippen LogP contribution in [0.25, 0.3) is 0 Å². The molecule has 3 heteroatoms. The Kier molecular flexibility index (Phi) is 2.29. The zero-order valence-electron chi connectivity index (χ0n) is 8.47. The third-order valence-corrected chi connectivity index (χ3v) is 2.33. The number of ketones is 1. The van der Waals surface area contributed by atoms with Gasteiger partial charge >= 0.3 is 0 Å². The first-order valence-electron chi connectivity index (χ1n) is 4.70. The molecule has 0 saturated carbocycles. The molecular weight excluding hydrogens is 188 g/mol. The van der Waals surface area contributed by atoms with Crippen molar-refractivity contribution in [2.24, 2.45) is 7.05 Å². The van der Waals surface area contributed by atoms with E-state index in [1.165, 1.54) is 0 Å². The fraction of sp³-hybridized carbons (Fsp3) is 0.0833. The summed E-state index contributed by atoms with van der Waals surface area (Å²) in [5.41, 5.74) is 7.52. The van der Waals surface area contributed by atoms with Crippen LogP contribution >= 0.6 is 0 Å². The van der Waals surface area contributed by atoms with E-state index in [9.17, 15) is 4.79 Å². The van der Waals surface area contributed by atoms with Crippen molar-refractivity contribution in [2.75, 3.05) is 5.73 Å². The molecule has 0 aliphatic rings. The van der Waals surface area contributed by atoms with Gasteiger partial charge in [-0.25, -0.2) is 0 Å². The molecule has 0 unspecified atom stereocenters. The number of anilines is 1. The van der Waals surface area contributed by atoms with Crippen molar-refractivity contribution in [1.82, 2.24) is 4.57 Å². The van der Waals surface area contributed by atoms with E-state index in [4.69, 9.17) is 5.73 Å². The number of carbonyl (C=O) groups excluding carboxylic acids is 1. The van der Waals surface area contributed by atoms with Crippen molar-refractivity contribution in [3.05, 3.63) is 53.9 Å². The van der Waals surface area contributed by atoms with Crippen molar-refractivity contribution in [2.45, 2.75) is 0 Å². The van der Waals surface area contributed by atoms with Crippen LogP contribution in [0.4, 0.5) is 5.69 Å². The number of aryl methyl sites for hydroxylation is 1. The maximum atomic E-state index is 12.0. The van der Waals surface area contributed by atoms with Crippen LogP contribution in [0.2, 0.25) is 0 Å². The van der Waals surface area contributed by atoms with Crippen molar-refractivity contribution in [1.29, 1.82) is 0 Å². The number of hydrogen-bond acceptors (Lipinski definition) is 2. The summed E-state index contributed by atoms with van der Waals surface area (Å²) in [5.74, 6) is -0.00481. The molecule has 3 nitrogen and oxygen atoms in total. The summed E-state index contributed by atoms with van der Waals surface area (Å²) < 4.78 is 1.80. The quantitative estimate of drug-likeness (QED) is 0.594. The van der Waals surface area contributed by atoms with E-state index in [2.05, 4.69) is 0 Å². The third-order valence-electron chi connectivity index (χ3n) is 2.33. The molecule has 1 heterocycles. The van der Waals surface area contributed by atoms with Gasteiger partial charge in [-0.2, -0.15) is 0 Å². The van der Waals surface area contributed by atoms with Gasteiger partial charge in [0.1, 0.15) is 0 Å². The molecule has 0 spiro atoms. The number of carbonyl (C=O) groups is 1. The van der Waals surface area contributed by atoms with Gasteiger partial charge in [0.05, 0.1) is 5.69 Å². The molecule has 2 rings (SSSR count). The zero-order valence-corrected chi connectivity index (χ0v) is 8.47. The molecule has 0 amide bonds. The average Bonchev–Trinajstić information content (AvgIpc) is 2.63. The summed E-state index contributed by atoms with van der Waals surface area (Å²) in [6, 6.07) is 10.7. The Bertz CT molecular complexity index is 500. The Morgan fingerprint density at radius 2 is 2.07 bits per heavy atom. The number of nitrogen functional groups attached to an aromatic ring is 1. The highest BCUT2D eigenvalue weighted by Gasteiger charge is 2.11. The zero-order chi connectivity index (χ0) is 10.8. The van der Waals surface area contributed by atoms with E-state index in [1.54, 1.807) is 34.9 Å². The lowest BCUT2D eigenvalue weighted by Gasteiger charge is -2.03. The van der Waals surface area contributed by atoms with Gasteiger partial charge in [0, 0.05) is 24.5 Å². The molecule has 0 saturated heterocycles. The number of nitrogens with two attached hydrogens (primary N) is 1. The molecule has 0 radical (unpaired) electrons. The standard InChI is InChI=1S/C12H12N2O/c1-14-7-3-6-11(14)12(15)9-4-2-5-10(13)8-9/h2-8H,13H2,1H3. The first kappa shape index (κ1) is 9.52. The van der Waals surface area contributed by atoms with Gasteiger partial charge in [-0.15, -0.1) is 0 Å². The van der Waals surface area contributed by atoms with E-state index in [-0.39, 0.29) is 5.78 Å². The maximum absolute atomic E-state index is 12.0. The first-order valence-corrected chi connectivity index (χ1v) is 4.70. The summed E-state index contributed by atoms with van der Waals surface area (Å²) in [4.78, 5) is 12.0. The number of hydrogen-bond donors (Lipinski definition) is 1. The monoisotopic (exact) mass is 200 g/mol.